The number of ether oxygens (including phenoxy) is 2. The van der Waals surface area contributed by atoms with Gasteiger partial charge in [0.1, 0.15) is 0 Å². The average Bonchev–Trinajstić information content (AvgIpc) is 2.31. The van der Waals surface area contributed by atoms with Crippen molar-refractivity contribution in [1.29, 1.82) is 0 Å². The quantitative estimate of drug-likeness (QED) is 0.713. The van der Waals surface area contributed by atoms with Gasteiger partial charge in [-0.2, -0.15) is 0 Å². The molecule has 18 heavy (non-hydrogen) atoms. The first-order valence-electron chi connectivity index (χ1n) is 6.72. The number of carbonyl (C=O) groups is 1. The normalized spacial score (nSPS) is 21.7. The van der Waals surface area contributed by atoms with Crippen LogP contribution < -0.4 is 0 Å². The molecule has 0 spiro atoms. The first-order chi connectivity index (χ1) is 8.42. The van der Waals surface area contributed by atoms with Crippen molar-refractivity contribution in [2.75, 3.05) is 26.9 Å². The van der Waals surface area contributed by atoms with Crippen molar-refractivity contribution in [3.8, 4) is 0 Å². The first kappa shape index (κ1) is 15.4. The van der Waals surface area contributed by atoms with Crippen LogP contribution in [-0.4, -0.2) is 38.0 Å². The highest BCUT2D eigenvalue weighted by Gasteiger charge is 2.43. The molecule has 0 aromatic rings. The van der Waals surface area contributed by atoms with E-state index in [0.717, 1.165) is 25.7 Å². The number of hydrogen-bond donors (Lipinski definition) is 1. The molecule has 0 unspecified atom stereocenters. The lowest BCUT2D eigenvalue weighted by molar-refractivity contribution is -0.154. The largest absolute Gasteiger partial charge is 0.481 e. The van der Waals surface area contributed by atoms with Gasteiger partial charge < -0.3 is 14.6 Å². The number of hydrogen-bond acceptors (Lipinski definition) is 3. The number of rotatable bonds is 7. The smallest absolute Gasteiger partial charge is 0.309 e. The molecule has 0 saturated heterocycles. The Bertz CT molecular complexity index is 263. The summed E-state index contributed by atoms with van der Waals surface area (Å²) in [5.41, 5.74) is -0.279. The molecule has 0 amide bonds. The van der Waals surface area contributed by atoms with Gasteiger partial charge in [0, 0.05) is 13.7 Å². The van der Waals surface area contributed by atoms with E-state index in [-0.39, 0.29) is 5.41 Å². The molecule has 0 atom stereocenters. The van der Waals surface area contributed by atoms with Crippen molar-refractivity contribution in [3.05, 3.63) is 0 Å². The molecular formula is C14H26O4. The van der Waals surface area contributed by atoms with Crippen molar-refractivity contribution in [3.63, 3.8) is 0 Å². The van der Waals surface area contributed by atoms with E-state index in [1.807, 2.05) is 0 Å². The Kier molecular flexibility index (Phi) is 5.60. The lowest BCUT2D eigenvalue weighted by Crippen LogP contribution is -2.38. The molecule has 0 aromatic heterocycles. The summed E-state index contributed by atoms with van der Waals surface area (Å²) in [6, 6.07) is 0. The monoisotopic (exact) mass is 258 g/mol. The van der Waals surface area contributed by atoms with Gasteiger partial charge in [-0.3, -0.25) is 4.79 Å². The zero-order valence-corrected chi connectivity index (χ0v) is 11.8. The van der Waals surface area contributed by atoms with Crippen molar-refractivity contribution < 1.29 is 19.4 Å². The molecule has 1 aliphatic carbocycles. The molecule has 4 heteroatoms. The Hall–Kier alpha value is -0.610. The van der Waals surface area contributed by atoms with E-state index in [1.165, 1.54) is 0 Å². The van der Waals surface area contributed by atoms with Crippen LogP contribution in [0.4, 0.5) is 0 Å². The molecule has 1 rings (SSSR count). The van der Waals surface area contributed by atoms with Crippen LogP contribution >= 0.6 is 0 Å². The highest BCUT2D eigenvalue weighted by Crippen LogP contribution is 2.47. The minimum absolute atomic E-state index is 0.288. The zero-order chi connectivity index (χ0) is 13.6. The fourth-order valence-electron chi connectivity index (χ4n) is 2.49. The molecule has 0 bridgehead atoms. The van der Waals surface area contributed by atoms with E-state index in [9.17, 15) is 9.90 Å². The standard InChI is InChI=1S/C14H26O4/c1-13(2)4-6-14(7-5-13,12(15)16)8-9-18-11-10-17-3/h4-11H2,1-3H3,(H,15,16). The van der Waals surface area contributed by atoms with Crippen LogP contribution in [-0.2, 0) is 14.3 Å². The molecule has 106 valence electrons. The van der Waals surface area contributed by atoms with E-state index < -0.39 is 11.4 Å². The van der Waals surface area contributed by atoms with Crippen molar-refractivity contribution >= 4 is 5.97 Å². The Morgan fingerprint density at radius 3 is 2.22 bits per heavy atom. The molecule has 1 N–H and O–H groups in total. The summed E-state index contributed by atoms with van der Waals surface area (Å²) in [5, 5.41) is 9.48. The highest BCUT2D eigenvalue weighted by molar-refractivity contribution is 5.74. The fraction of sp³-hybridized carbons (Fsp3) is 0.929. The molecule has 0 aliphatic heterocycles. The lowest BCUT2D eigenvalue weighted by atomic mass is 9.64. The zero-order valence-electron chi connectivity index (χ0n) is 11.8. The third kappa shape index (κ3) is 4.25. The van der Waals surface area contributed by atoms with E-state index in [1.54, 1.807) is 7.11 Å². The topological polar surface area (TPSA) is 55.8 Å². The van der Waals surface area contributed by atoms with Crippen LogP contribution in [0.25, 0.3) is 0 Å². The third-order valence-corrected chi connectivity index (χ3v) is 4.17. The highest BCUT2D eigenvalue weighted by atomic mass is 16.5. The van der Waals surface area contributed by atoms with Crippen LogP contribution in [0.1, 0.15) is 46.0 Å². The second-order valence-corrected chi connectivity index (χ2v) is 6.10. The molecular weight excluding hydrogens is 232 g/mol. The number of aliphatic carboxylic acids is 1. The lowest BCUT2D eigenvalue weighted by Gasteiger charge is -2.40. The van der Waals surface area contributed by atoms with Gasteiger partial charge in [0.05, 0.1) is 18.6 Å². The predicted octanol–water partition coefficient (Wildman–Crippen LogP) is 2.71. The molecule has 0 aromatic carbocycles. The van der Waals surface area contributed by atoms with Gasteiger partial charge in [-0.15, -0.1) is 0 Å². The molecule has 0 heterocycles. The van der Waals surface area contributed by atoms with Gasteiger partial charge in [-0.25, -0.2) is 0 Å². The Morgan fingerprint density at radius 2 is 1.72 bits per heavy atom. The van der Waals surface area contributed by atoms with Gasteiger partial charge in [0.25, 0.3) is 0 Å². The second kappa shape index (κ2) is 6.53. The van der Waals surface area contributed by atoms with Crippen LogP contribution in [0.2, 0.25) is 0 Å². The Balaban J connectivity index is 2.43. The van der Waals surface area contributed by atoms with Crippen molar-refractivity contribution in [2.45, 2.75) is 46.0 Å². The van der Waals surface area contributed by atoms with Crippen LogP contribution in [0.3, 0.4) is 0 Å². The Morgan fingerprint density at radius 1 is 1.11 bits per heavy atom. The first-order valence-corrected chi connectivity index (χ1v) is 6.72. The third-order valence-electron chi connectivity index (χ3n) is 4.17. The Labute approximate surface area is 110 Å². The summed E-state index contributed by atoms with van der Waals surface area (Å²) < 4.78 is 10.3. The predicted molar refractivity (Wildman–Crippen MR) is 69.6 cm³/mol. The molecule has 1 saturated carbocycles. The summed E-state index contributed by atoms with van der Waals surface area (Å²) in [4.78, 5) is 11.5. The van der Waals surface area contributed by atoms with Gasteiger partial charge in [0.15, 0.2) is 0 Å². The number of carboxylic acid groups (broad SMARTS) is 1. The van der Waals surface area contributed by atoms with E-state index in [2.05, 4.69) is 13.8 Å². The van der Waals surface area contributed by atoms with E-state index >= 15 is 0 Å². The van der Waals surface area contributed by atoms with Gasteiger partial charge in [0.2, 0.25) is 0 Å². The van der Waals surface area contributed by atoms with Gasteiger partial charge >= 0.3 is 5.97 Å². The average molecular weight is 258 g/mol. The van der Waals surface area contributed by atoms with Gasteiger partial charge in [-0.1, -0.05) is 13.8 Å². The van der Waals surface area contributed by atoms with Crippen LogP contribution in [0, 0.1) is 10.8 Å². The van der Waals surface area contributed by atoms with Crippen molar-refractivity contribution in [2.24, 2.45) is 10.8 Å². The summed E-state index contributed by atoms with van der Waals surface area (Å²) in [7, 11) is 1.63. The maximum absolute atomic E-state index is 11.5. The van der Waals surface area contributed by atoms with E-state index in [4.69, 9.17) is 9.47 Å². The summed E-state index contributed by atoms with van der Waals surface area (Å²) >= 11 is 0. The summed E-state index contributed by atoms with van der Waals surface area (Å²) in [6.07, 6.45) is 4.11. The number of carboxylic acids is 1. The molecule has 0 radical (unpaired) electrons. The van der Waals surface area contributed by atoms with E-state index in [0.29, 0.717) is 26.2 Å². The van der Waals surface area contributed by atoms with Crippen molar-refractivity contribution in [1.82, 2.24) is 0 Å². The molecule has 1 fully saturated rings. The number of methoxy groups -OCH3 is 1. The fourth-order valence-corrected chi connectivity index (χ4v) is 2.49. The SMILES string of the molecule is COCCOCCC1(C(=O)O)CCC(C)(C)CC1. The summed E-state index contributed by atoms with van der Waals surface area (Å²) in [6.45, 7) is 6.04. The van der Waals surface area contributed by atoms with Crippen LogP contribution in [0.15, 0.2) is 0 Å². The minimum atomic E-state index is -0.659. The second-order valence-electron chi connectivity index (χ2n) is 6.10. The summed E-state index contributed by atoms with van der Waals surface area (Å²) in [5.74, 6) is -0.659. The molecule has 4 nitrogen and oxygen atoms in total. The molecule has 1 aliphatic rings. The maximum atomic E-state index is 11.5. The van der Waals surface area contributed by atoms with Gasteiger partial charge in [-0.05, 0) is 37.5 Å². The maximum Gasteiger partial charge on any atom is 0.309 e. The van der Waals surface area contributed by atoms with Crippen LogP contribution in [0.5, 0.6) is 0 Å². The minimum Gasteiger partial charge on any atom is -0.481 e.